The molecule has 1 unspecified atom stereocenters. The fourth-order valence-electron chi connectivity index (χ4n) is 5.56. The Morgan fingerprint density at radius 3 is 2.60 bits per heavy atom. The van der Waals surface area contributed by atoms with Crippen LogP contribution in [-0.2, 0) is 11.8 Å². The number of hydrogen-bond acceptors (Lipinski definition) is 3. The van der Waals surface area contributed by atoms with E-state index in [1.807, 2.05) is 41.3 Å². The molecule has 2 heterocycles. The zero-order valence-corrected chi connectivity index (χ0v) is 17.7. The van der Waals surface area contributed by atoms with Crippen molar-refractivity contribution >= 4 is 5.91 Å². The van der Waals surface area contributed by atoms with E-state index >= 15 is 0 Å². The van der Waals surface area contributed by atoms with Crippen molar-refractivity contribution in [3.8, 4) is 11.4 Å². The van der Waals surface area contributed by atoms with Gasteiger partial charge in [-0.05, 0) is 53.6 Å². The van der Waals surface area contributed by atoms with E-state index in [0.29, 0.717) is 24.4 Å². The van der Waals surface area contributed by atoms with Gasteiger partial charge in [0.25, 0.3) is 5.91 Å². The van der Waals surface area contributed by atoms with Gasteiger partial charge in [0.15, 0.2) is 0 Å². The predicted molar refractivity (Wildman–Crippen MR) is 116 cm³/mol. The number of para-hydroxylation sites is 1. The molecule has 1 amide bonds. The second kappa shape index (κ2) is 6.46. The lowest BCUT2D eigenvalue weighted by Gasteiger charge is -2.60. The summed E-state index contributed by atoms with van der Waals surface area (Å²) < 4.78 is 1.72. The molecule has 2 bridgehead atoms. The molecule has 1 aromatic heterocycles. The molecule has 5 heteroatoms. The van der Waals surface area contributed by atoms with Crippen LogP contribution >= 0.6 is 0 Å². The minimum Gasteiger partial charge on any atom is -0.508 e. The van der Waals surface area contributed by atoms with Crippen LogP contribution in [0.4, 0.5) is 0 Å². The number of aromatic nitrogens is 2. The third kappa shape index (κ3) is 2.47. The standard InChI is InChI=1S/C25H27N3O2/c1-24(2)22-16-18-19(10-7-11-21(18)29)25(24,3)13-15-27(22)23(30)20-12-14-26-28(20)17-8-5-4-6-9-17/h4-12,14,22,29H,13,15-16H2,1-3H3/t22?,25-/m0/s1. The van der Waals surface area contributed by atoms with Gasteiger partial charge in [0.2, 0.25) is 0 Å². The van der Waals surface area contributed by atoms with Crippen molar-refractivity contribution < 1.29 is 9.90 Å². The lowest BCUT2D eigenvalue weighted by molar-refractivity contribution is -0.0270. The Balaban J connectivity index is 1.57. The fourth-order valence-corrected chi connectivity index (χ4v) is 5.56. The van der Waals surface area contributed by atoms with Crippen molar-refractivity contribution in [1.82, 2.24) is 14.7 Å². The summed E-state index contributed by atoms with van der Waals surface area (Å²) in [5.41, 5.74) is 3.44. The normalized spacial score (nSPS) is 24.4. The highest BCUT2D eigenvalue weighted by Crippen LogP contribution is 2.57. The van der Waals surface area contributed by atoms with E-state index in [1.54, 1.807) is 23.0 Å². The zero-order valence-electron chi connectivity index (χ0n) is 17.7. The summed E-state index contributed by atoms with van der Waals surface area (Å²) in [5, 5.41) is 15.0. The Hall–Kier alpha value is -3.08. The first-order valence-corrected chi connectivity index (χ1v) is 10.6. The van der Waals surface area contributed by atoms with Gasteiger partial charge in [-0.15, -0.1) is 0 Å². The Morgan fingerprint density at radius 2 is 1.83 bits per heavy atom. The van der Waals surface area contributed by atoms with Crippen molar-refractivity contribution in [3.63, 3.8) is 0 Å². The highest BCUT2D eigenvalue weighted by Gasteiger charge is 2.57. The molecule has 2 aromatic carbocycles. The molecule has 1 N–H and O–H groups in total. The van der Waals surface area contributed by atoms with Crippen LogP contribution in [0.3, 0.4) is 0 Å². The number of piperidine rings is 1. The summed E-state index contributed by atoms with van der Waals surface area (Å²) in [6.07, 6.45) is 3.20. The summed E-state index contributed by atoms with van der Waals surface area (Å²) in [4.78, 5) is 15.8. The maximum absolute atomic E-state index is 13.7. The number of phenols is 1. The molecule has 0 spiro atoms. The van der Waals surface area contributed by atoms with Gasteiger partial charge in [-0.3, -0.25) is 4.79 Å². The average molecular weight is 402 g/mol. The molecule has 154 valence electrons. The van der Waals surface area contributed by atoms with Crippen LogP contribution in [0.2, 0.25) is 0 Å². The number of amides is 1. The maximum Gasteiger partial charge on any atom is 0.272 e. The highest BCUT2D eigenvalue weighted by atomic mass is 16.3. The number of phenolic OH excluding ortho intramolecular Hbond substituents is 1. The Morgan fingerprint density at radius 1 is 1.07 bits per heavy atom. The van der Waals surface area contributed by atoms with Crippen LogP contribution in [0.5, 0.6) is 5.75 Å². The molecule has 3 aromatic rings. The molecule has 1 aliphatic heterocycles. The molecular weight excluding hydrogens is 374 g/mol. The maximum atomic E-state index is 13.7. The zero-order chi connectivity index (χ0) is 21.1. The van der Waals surface area contributed by atoms with Gasteiger partial charge in [0, 0.05) is 18.0 Å². The van der Waals surface area contributed by atoms with Gasteiger partial charge < -0.3 is 10.0 Å². The van der Waals surface area contributed by atoms with E-state index in [2.05, 4.69) is 31.9 Å². The number of rotatable bonds is 2. The lowest BCUT2D eigenvalue weighted by Crippen LogP contribution is -2.65. The van der Waals surface area contributed by atoms with Gasteiger partial charge in [0.1, 0.15) is 11.4 Å². The van der Waals surface area contributed by atoms with E-state index in [4.69, 9.17) is 0 Å². The van der Waals surface area contributed by atoms with Crippen LogP contribution in [0, 0.1) is 5.41 Å². The van der Waals surface area contributed by atoms with Crippen LogP contribution in [0.25, 0.3) is 5.69 Å². The first kappa shape index (κ1) is 18.9. The average Bonchev–Trinajstić information content (AvgIpc) is 3.21. The van der Waals surface area contributed by atoms with Crippen molar-refractivity contribution in [2.45, 2.75) is 45.1 Å². The van der Waals surface area contributed by atoms with Gasteiger partial charge in [0.05, 0.1) is 11.9 Å². The largest absolute Gasteiger partial charge is 0.508 e. The molecule has 1 aliphatic carbocycles. The van der Waals surface area contributed by atoms with Gasteiger partial charge in [-0.1, -0.05) is 51.1 Å². The Kier molecular flexibility index (Phi) is 4.07. The Labute approximate surface area is 177 Å². The fraction of sp³-hybridized carbons (Fsp3) is 0.360. The number of carbonyl (C=O) groups excluding carboxylic acids is 1. The van der Waals surface area contributed by atoms with E-state index in [-0.39, 0.29) is 22.8 Å². The number of hydrogen-bond donors (Lipinski definition) is 1. The topological polar surface area (TPSA) is 58.4 Å². The van der Waals surface area contributed by atoms with Gasteiger partial charge in [-0.25, -0.2) is 4.68 Å². The van der Waals surface area contributed by atoms with Gasteiger partial charge >= 0.3 is 0 Å². The van der Waals surface area contributed by atoms with Crippen molar-refractivity contribution in [2.24, 2.45) is 5.41 Å². The SMILES string of the molecule is CC1(C)C2Cc3c(O)cccc3[C@]1(C)CCN2C(=O)c1ccnn1-c1ccccc1. The number of aromatic hydroxyl groups is 1. The summed E-state index contributed by atoms with van der Waals surface area (Å²) >= 11 is 0. The minimum absolute atomic E-state index is 0.00340. The van der Waals surface area contributed by atoms with E-state index in [9.17, 15) is 9.90 Å². The predicted octanol–water partition coefficient (Wildman–Crippen LogP) is 4.33. The smallest absolute Gasteiger partial charge is 0.272 e. The quantitative estimate of drug-likeness (QED) is 0.695. The first-order valence-electron chi connectivity index (χ1n) is 10.6. The molecule has 0 radical (unpaired) electrons. The highest BCUT2D eigenvalue weighted by molar-refractivity contribution is 5.93. The third-order valence-electron chi connectivity index (χ3n) is 7.75. The minimum atomic E-state index is -0.126. The molecule has 1 saturated heterocycles. The molecule has 2 atom stereocenters. The summed E-state index contributed by atoms with van der Waals surface area (Å²) in [7, 11) is 0. The summed E-state index contributed by atoms with van der Waals surface area (Å²) in [6, 6.07) is 17.4. The van der Waals surface area contributed by atoms with Gasteiger partial charge in [-0.2, -0.15) is 5.10 Å². The lowest BCUT2D eigenvalue weighted by atomic mass is 9.51. The number of benzene rings is 2. The van der Waals surface area contributed by atoms with E-state index < -0.39 is 0 Å². The van der Waals surface area contributed by atoms with Crippen LogP contribution in [0.15, 0.2) is 60.8 Å². The second-order valence-corrected chi connectivity index (χ2v) is 9.29. The second-order valence-electron chi connectivity index (χ2n) is 9.29. The molecule has 0 saturated carbocycles. The third-order valence-corrected chi connectivity index (χ3v) is 7.75. The Bertz CT molecular complexity index is 1120. The summed E-state index contributed by atoms with van der Waals surface area (Å²) in [5.74, 6) is 0.332. The van der Waals surface area contributed by atoms with Crippen molar-refractivity contribution in [1.29, 1.82) is 0 Å². The molecule has 2 aliphatic rings. The first-order chi connectivity index (χ1) is 14.3. The molecule has 5 rings (SSSR count). The summed E-state index contributed by atoms with van der Waals surface area (Å²) in [6.45, 7) is 7.50. The van der Waals surface area contributed by atoms with Crippen molar-refractivity contribution in [3.05, 3.63) is 77.6 Å². The van der Waals surface area contributed by atoms with Crippen molar-refractivity contribution in [2.75, 3.05) is 6.54 Å². The number of likely N-dealkylation sites (tertiary alicyclic amines) is 1. The monoisotopic (exact) mass is 401 g/mol. The molecule has 1 fully saturated rings. The van der Waals surface area contributed by atoms with E-state index in [0.717, 1.165) is 17.7 Å². The van der Waals surface area contributed by atoms with Crippen LogP contribution in [0.1, 0.15) is 48.8 Å². The van der Waals surface area contributed by atoms with Crippen LogP contribution < -0.4 is 0 Å². The molecule has 5 nitrogen and oxygen atoms in total. The number of nitrogens with zero attached hydrogens (tertiary/aromatic N) is 3. The molecule has 30 heavy (non-hydrogen) atoms. The number of carbonyl (C=O) groups is 1. The number of fused-ring (bicyclic) bond motifs is 4. The van der Waals surface area contributed by atoms with E-state index in [1.165, 1.54) is 5.56 Å². The molecular formula is C25H27N3O2. The van der Waals surface area contributed by atoms with Crippen LogP contribution in [-0.4, -0.2) is 38.3 Å².